The first-order valence-corrected chi connectivity index (χ1v) is 6.79. The minimum Gasteiger partial charge on any atom is -0.308 e. The zero-order valence-corrected chi connectivity index (χ0v) is 11.4. The van der Waals surface area contributed by atoms with Gasteiger partial charge in [0.25, 0.3) is 0 Å². The van der Waals surface area contributed by atoms with Crippen LogP contribution in [-0.2, 0) is 5.75 Å². The molecule has 3 N–H and O–H groups in total. The summed E-state index contributed by atoms with van der Waals surface area (Å²) < 4.78 is 0. The van der Waals surface area contributed by atoms with Crippen LogP contribution in [-0.4, -0.2) is 4.98 Å². The third-order valence-electron chi connectivity index (χ3n) is 2.54. The molecule has 0 bridgehead atoms. The SMILES string of the molecule is Cc1cc(C)cc(CSc2cccc(NN)n2)c1. The fraction of sp³-hybridized carbons (Fsp3) is 0.214. The van der Waals surface area contributed by atoms with Crippen molar-refractivity contribution < 1.29 is 0 Å². The third-order valence-corrected chi connectivity index (χ3v) is 3.54. The maximum Gasteiger partial charge on any atom is 0.141 e. The summed E-state index contributed by atoms with van der Waals surface area (Å²) in [5, 5.41) is 0.976. The third kappa shape index (κ3) is 3.48. The molecule has 18 heavy (non-hydrogen) atoms. The normalized spacial score (nSPS) is 10.4. The molecule has 0 aliphatic carbocycles. The molecule has 2 aromatic rings. The number of nitrogen functional groups attached to an aromatic ring is 1. The molecule has 1 aromatic carbocycles. The van der Waals surface area contributed by atoms with Crippen molar-refractivity contribution >= 4 is 17.6 Å². The second-order valence-corrected chi connectivity index (χ2v) is 5.29. The van der Waals surface area contributed by atoms with Crippen LogP contribution in [0.15, 0.2) is 41.4 Å². The Hall–Kier alpha value is -1.52. The molecular formula is C14H17N3S. The van der Waals surface area contributed by atoms with Crippen molar-refractivity contribution in [3.8, 4) is 0 Å². The van der Waals surface area contributed by atoms with Gasteiger partial charge in [-0.05, 0) is 31.5 Å². The van der Waals surface area contributed by atoms with Gasteiger partial charge in [0.2, 0.25) is 0 Å². The van der Waals surface area contributed by atoms with Crippen molar-refractivity contribution in [1.29, 1.82) is 0 Å². The number of nitrogens with two attached hydrogens (primary N) is 1. The van der Waals surface area contributed by atoms with Gasteiger partial charge in [-0.25, -0.2) is 10.8 Å². The fourth-order valence-electron chi connectivity index (χ4n) is 1.89. The Morgan fingerprint density at radius 2 is 1.89 bits per heavy atom. The van der Waals surface area contributed by atoms with Crippen molar-refractivity contribution in [2.24, 2.45) is 5.84 Å². The first-order valence-electron chi connectivity index (χ1n) is 5.81. The number of hydrogen-bond donors (Lipinski definition) is 2. The van der Waals surface area contributed by atoms with E-state index in [-0.39, 0.29) is 0 Å². The van der Waals surface area contributed by atoms with Crippen LogP contribution in [0.1, 0.15) is 16.7 Å². The van der Waals surface area contributed by atoms with E-state index in [0.29, 0.717) is 5.82 Å². The standard InChI is InChI=1S/C14H17N3S/c1-10-6-11(2)8-12(7-10)9-18-14-5-3-4-13(16-14)17-15/h3-8H,9,15H2,1-2H3,(H,16,17). The highest BCUT2D eigenvalue weighted by atomic mass is 32.2. The average Bonchev–Trinajstić information content (AvgIpc) is 2.35. The molecule has 94 valence electrons. The molecule has 1 aromatic heterocycles. The fourth-order valence-corrected chi connectivity index (χ4v) is 2.70. The lowest BCUT2D eigenvalue weighted by atomic mass is 10.1. The minimum atomic E-state index is 0.695. The first kappa shape index (κ1) is 12.9. The Kier molecular flexibility index (Phi) is 4.23. The van der Waals surface area contributed by atoms with Crippen LogP contribution in [0.2, 0.25) is 0 Å². The lowest BCUT2D eigenvalue weighted by Crippen LogP contribution is -2.08. The highest BCUT2D eigenvalue weighted by molar-refractivity contribution is 7.98. The summed E-state index contributed by atoms with van der Waals surface area (Å²) in [4.78, 5) is 4.38. The zero-order chi connectivity index (χ0) is 13.0. The molecule has 0 atom stereocenters. The molecule has 0 radical (unpaired) electrons. The van der Waals surface area contributed by atoms with Crippen LogP contribution in [0, 0.1) is 13.8 Å². The number of hydrazine groups is 1. The molecule has 0 aliphatic heterocycles. The van der Waals surface area contributed by atoms with Gasteiger partial charge in [0.05, 0.1) is 5.03 Å². The lowest BCUT2D eigenvalue weighted by molar-refractivity contribution is 1.10. The summed E-state index contributed by atoms with van der Waals surface area (Å²) in [6, 6.07) is 12.4. The highest BCUT2D eigenvalue weighted by Gasteiger charge is 2.00. The Labute approximate surface area is 112 Å². The number of thioether (sulfide) groups is 1. The Balaban J connectivity index is 2.06. The Morgan fingerprint density at radius 3 is 2.56 bits per heavy atom. The summed E-state index contributed by atoms with van der Waals surface area (Å²) in [6.07, 6.45) is 0. The van der Waals surface area contributed by atoms with Gasteiger partial charge in [0, 0.05) is 5.75 Å². The topological polar surface area (TPSA) is 50.9 Å². The molecule has 0 aliphatic rings. The summed E-state index contributed by atoms with van der Waals surface area (Å²) >= 11 is 1.71. The van der Waals surface area contributed by atoms with Gasteiger partial charge < -0.3 is 5.43 Å². The van der Waals surface area contributed by atoms with Crippen LogP contribution in [0.4, 0.5) is 5.82 Å². The second kappa shape index (κ2) is 5.89. The van der Waals surface area contributed by atoms with E-state index in [1.54, 1.807) is 11.8 Å². The van der Waals surface area contributed by atoms with Gasteiger partial charge in [0.1, 0.15) is 5.82 Å². The number of nitrogens with one attached hydrogen (secondary N) is 1. The molecule has 2 rings (SSSR count). The predicted molar refractivity (Wildman–Crippen MR) is 77.5 cm³/mol. The van der Waals surface area contributed by atoms with E-state index in [0.717, 1.165) is 10.8 Å². The number of aryl methyl sites for hydroxylation is 2. The predicted octanol–water partition coefficient (Wildman–Crippen LogP) is 3.28. The van der Waals surface area contributed by atoms with Crippen molar-refractivity contribution in [2.75, 3.05) is 5.43 Å². The van der Waals surface area contributed by atoms with Crippen LogP contribution < -0.4 is 11.3 Å². The van der Waals surface area contributed by atoms with E-state index in [4.69, 9.17) is 5.84 Å². The Morgan fingerprint density at radius 1 is 1.17 bits per heavy atom. The van der Waals surface area contributed by atoms with E-state index in [2.05, 4.69) is 42.5 Å². The molecule has 0 spiro atoms. The first-order chi connectivity index (χ1) is 8.67. The van der Waals surface area contributed by atoms with Crippen LogP contribution in [0.3, 0.4) is 0 Å². The lowest BCUT2D eigenvalue weighted by Gasteiger charge is -2.06. The van der Waals surface area contributed by atoms with E-state index in [9.17, 15) is 0 Å². The number of rotatable bonds is 4. The Bertz CT molecular complexity index is 520. The molecule has 4 heteroatoms. The van der Waals surface area contributed by atoms with Crippen molar-refractivity contribution in [1.82, 2.24) is 4.98 Å². The van der Waals surface area contributed by atoms with Crippen LogP contribution in [0.25, 0.3) is 0 Å². The van der Waals surface area contributed by atoms with Gasteiger partial charge in [-0.2, -0.15) is 0 Å². The van der Waals surface area contributed by atoms with Gasteiger partial charge >= 0.3 is 0 Å². The van der Waals surface area contributed by atoms with Crippen molar-refractivity contribution in [3.63, 3.8) is 0 Å². The monoisotopic (exact) mass is 259 g/mol. The minimum absolute atomic E-state index is 0.695. The summed E-state index contributed by atoms with van der Waals surface area (Å²) in [7, 11) is 0. The van der Waals surface area contributed by atoms with E-state index < -0.39 is 0 Å². The highest BCUT2D eigenvalue weighted by Crippen LogP contribution is 2.23. The molecule has 0 saturated carbocycles. The summed E-state index contributed by atoms with van der Waals surface area (Å²) in [5.74, 6) is 6.96. The maximum absolute atomic E-state index is 5.34. The number of pyridine rings is 1. The van der Waals surface area contributed by atoms with Gasteiger partial charge in [0.15, 0.2) is 0 Å². The van der Waals surface area contributed by atoms with Gasteiger partial charge in [-0.15, -0.1) is 11.8 Å². The second-order valence-electron chi connectivity index (χ2n) is 4.29. The molecule has 0 amide bonds. The maximum atomic E-state index is 5.34. The molecule has 0 unspecified atom stereocenters. The van der Waals surface area contributed by atoms with E-state index in [1.165, 1.54) is 16.7 Å². The van der Waals surface area contributed by atoms with Crippen molar-refractivity contribution in [2.45, 2.75) is 24.6 Å². The van der Waals surface area contributed by atoms with Crippen molar-refractivity contribution in [3.05, 3.63) is 53.1 Å². The number of aromatic nitrogens is 1. The number of hydrogen-bond acceptors (Lipinski definition) is 4. The van der Waals surface area contributed by atoms with Gasteiger partial charge in [-0.1, -0.05) is 35.4 Å². The number of benzene rings is 1. The van der Waals surface area contributed by atoms with E-state index in [1.807, 2.05) is 18.2 Å². The quantitative estimate of drug-likeness (QED) is 0.502. The molecule has 1 heterocycles. The van der Waals surface area contributed by atoms with Crippen LogP contribution >= 0.6 is 11.8 Å². The van der Waals surface area contributed by atoms with Gasteiger partial charge in [-0.3, -0.25) is 0 Å². The summed E-state index contributed by atoms with van der Waals surface area (Å²) in [5.41, 5.74) is 6.49. The van der Waals surface area contributed by atoms with Crippen LogP contribution in [0.5, 0.6) is 0 Å². The smallest absolute Gasteiger partial charge is 0.141 e. The number of anilines is 1. The molecule has 0 saturated heterocycles. The largest absolute Gasteiger partial charge is 0.308 e. The summed E-state index contributed by atoms with van der Waals surface area (Å²) in [6.45, 7) is 4.25. The average molecular weight is 259 g/mol. The zero-order valence-electron chi connectivity index (χ0n) is 10.6. The van der Waals surface area contributed by atoms with E-state index >= 15 is 0 Å². The number of nitrogens with zero attached hydrogens (tertiary/aromatic N) is 1. The molecule has 3 nitrogen and oxygen atoms in total. The molecular weight excluding hydrogens is 242 g/mol. The molecule has 0 fully saturated rings.